The van der Waals surface area contributed by atoms with Crippen molar-refractivity contribution < 1.29 is 22.8 Å². The maximum Gasteiger partial charge on any atom is 0.416 e. The number of benzene rings is 1. The van der Waals surface area contributed by atoms with E-state index in [9.17, 15) is 22.8 Å². The fraction of sp³-hybridized carbons (Fsp3) is 0.529. The number of carbonyl (C=O) groups excluding carboxylic acids is 2. The third kappa shape index (κ3) is 4.97. The largest absolute Gasteiger partial charge is 0.416 e. The lowest BCUT2D eigenvalue weighted by atomic mass is 9.88. The predicted molar refractivity (Wildman–Crippen MR) is 82.6 cm³/mol. The molecule has 0 unspecified atom stereocenters. The average molecular weight is 342 g/mol. The molecule has 0 atom stereocenters. The Morgan fingerprint density at radius 1 is 1.17 bits per heavy atom. The number of halogens is 3. The van der Waals surface area contributed by atoms with Crippen molar-refractivity contribution in [3.05, 3.63) is 35.4 Å². The minimum Gasteiger partial charge on any atom is -0.368 e. The summed E-state index contributed by atoms with van der Waals surface area (Å²) in [6.45, 7) is -0.340. The van der Waals surface area contributed by atoms with Gasteiger partial charge in [-0.25, -0.2) is 0 Å². The number of carbonyl (C=O) groups is 2. The smallest absolute Gasteiger partial charge is 0.368 e. The summed E-state index contributed by atoms with van der Waals surface area (Å²) < 4.78 is 38.4. The fourth-order valence-corrected chi connectivity index (χ4v) is 3.07. The molecule has 132 valence electrons. The Kier molecular flexibility index (Phi) is 5.85. The number of alkyl halides is 3. The zero-order chi connectivity index (χ0) is 17.7. The highest BCUT2D eigenvalue weighted by molar-refractivity contribution is 5.85. The molecule has 0 saturated heterocycles. The van der Waals surface area contributed by atoms with Gasteiger partial charge in [0.2, 0.25) is 11.8 Å². The van der Waals surface area contributed by atoms with Gasteiger partial charge < -0.3 is 10.6 Å². The van der Waals surface area contributed by atoms with E-state index in [-0.39, 0.29) is 24.9 Å². The molecule has 1 saturated carbocycles. The number of hydrogen-bond acceptors (Lipinski definition) is 2. The van der Waals surface area contributed by atoms with E-state index in [2.05, 4.69) is 0 Å². The van der Waals surface area contributed by atoms with Crippen molar-refractivity contribution >= 4 is 11.8 Å². The molecule has 7 heteroatoms. The lowest BCUT2D eigenvalue weighted by Crippen LogP contribution is -2.41. The number of hydrogen-bond donors (Lipinski definition) is 1. The topological polar surface area (TPSA) is 63.4 Å². The SMILES string of the molecule is NC(=O)CN(Cc1cccc(C(F)(F)F)c1)C(=O)C1CCCCC1. The van der Waals surface area contributed by atoms with Crippen molar-refractivity contribution in [1.29, 1.82) is 0 Å². The quantitative estimate of drug-likeness (QED) is 0.894. The molecule has 0 aromatic heterocycles. The highest BCUT2D eigenvalue weighted by atomic mass is 19.4. The molecule has 0 spiro atoms. The summed E-state index contributed by atoms with van der Waals surface area (Å²) in [7, 11) is 0. The number of rotatable bonds is 5. The van der Waals surface area contributed by atoms with E-state index in [1.807, 2.05) is 0 Å². The second kappa shape index (κ2) is 7.68. The lowest BCUT2D eigenvalue weighted by molar-refractivity contribution is -0.140. The molecule has 0 radical (unpaired) electrons. The second-order valence-electron chi connectivity index (χ2n) is 6.19. The molecule has 24 heavy (non-hydrogen) atoms. The molecular formula is C17H21F3N2O2. The fourth-order valence-electron chi connectivity index (χ4n) is 3.07. The van der Waals surface area contributed by atoms with Gasteiger partial charge in [0.15, 0.2) is 0 Å². The molecule has 1 aromatic rings. The second-order valence-corrected chi connectivity index (χ2v) is 6.19. The summed E-state index contributed by atoms with van der Waals surface area (Å²) >= 11 is 0. The molecular weight excluding hydrogens is 321 g/mol. The van der Waals surface area contributed by atoms with Crippen LogP contribution in [0.15, 0.2) is 24.3 Å². The van der Waals surface area contributed by atoms with Crippen LogP contribution in [0.1, 0.15) is 43.2 Å². The van der Waals surface area contributed by atoms with Gasteiger partial charge in [-0.1, -0.05) is 31.4 Å². The number of nitrogens with zero attached hydrogens (tertiary/aromatic N) is 1. The standard InChI is InChI=1S/C17H21F3N2O2/c18-17(19,20)14-8-4-5-12(9-14)10-22(11-15(21)23)16(24)13-6-2-1-3-7-13/h4-5,8-9,13H,1-3,6-7,10-11H2,(H2,21,23). The molecule has 2 rings (SSSR count). The third-order valence-corrected chi connectivity index (χ3v) is 4.24. The van der Waals surface area contributed by atoms with Gasteiger partial charge in [-0.3, -0.25) is 9.59 Å². The number of amides is 2. The van der Waals surface area contributed by atoms with Gasteiger partial charge in [-0.15, -0.1) is 0 Å². The Labute approximate surface area is 138 Å². The molecule has 0 aliphatic heterocycles. The zero-order valence-electron chi connectivity index (χ0n) is 13.3. The Morgan fingerprint density at radius 3 is 2.42 bits per heavy atom. The Balaban J connectivity index is 2.16. The van der Waals surface area contributed by atoms with Crippen molar-refractivity contribution in [3.63, 3.8) is 0 Å². The maximum atomic E-state index is 12.8. The predicted octanol–water partition coefficient (Wildman–Crippen LogP) is 3.10. The van der Waals surface area contributed by atoms with E-state index in [4.69, 9.17) is 5.73 Å². The van der Waals surface area contributed by atoms with Gasteiger partial charge in [0.25, 0.3) is 0 Å². The minimum atomic E-state index is -4.45. The molecule has 0 heterocycles. The van der Waals surface area contributed by atoms with Gasteiger partial charge >= 0.3 is 6.18 Å². The first-order valence-electron chi connectivity index (χ1n) is 8.00. The Hall–Kier alpha value is -2.05. The molecule has 1 aliphatic carbocycles. The molecule has 1 aliphatic rings. The Bertz CT molecular complexity index is 596. The van der Waals surface area contributed by atoms with E-state index >= 15 is 0 Å². The molecule has 1 aromatic carbocycles. The normalized spacial score (nSPS) is 16.0. The van der Waals surface area contributed by atoms with Crippen LogP contribution in [0.25, 0.3) is 0 Å². The summed E-state index contributed by atoms with van der Waals surface area (Å²) in [5, 5.41) is 0. The summed E-state index contributed by atoms with van der Waals surface area (Å²) in [5.74, 6) is -1.05. The van der Waals surface area contributed by atoms with Crippen LogP contribution in [-0.4, -0.2) is 23.3 Å². The van der Waals surface area contributed by atoms with Crippen LogP contribution in [0.4, 0.5) is 13.2 Å². The first kappa shape index (κ1) is 18.3. The molecule has 2 N–H and O–H groups in total. The Morgan fingerprint density at radius 2 is 1.83 bits per heavy atom. The maximum absolute atomic E-state index is 12.8. The van der Waals surface area contributed by atoms with Gasteiger partial charge in [0, 0.05) is 12.5 Å². The first-order chi connectivity index (χ1) is 11.3. The number of nitrogens with two attached hydrogens (primary N) is 1. The monoisotopic (exact) mass is 342 g/mol. The van der Waals surface area contributed by atoms with Crippen LogP contribution in [0, 0.1) is 5.92 Å². The summed E-state index contributed by atoms with van der Waals surface area (Å²) in [6.07, 6.45) is 0.0211. The van der Waals surface area contributed by atoms with E-state index in [1.165, 1.54) is 17.0 Å². The van der Waals surface area contributed by atoms with Crippen molar-refractivity contribution in [2.24, 2.45) is 11.7 Å². The van der Waals surface area contributed by atoms with Crippen molar-refractivity contribution in [2.75, 3.05) is 6.54 Å². The molecule has 4 nitrogen and oxygen atoms in total. The molecule has 1 fully saturated rings. The number of primary amides is 1. The van der Waals surface area contributed by atoms with Crippen LogP contribution < -0.4 is 5.73 Å². The molecule has 2 amide bonds. The van der Waals surface area contributed by atoms with E-state index in [0.29, 0.717) is 5.56 Å². The van der Waals surface area contributed by atoms with E-state index in [0.717, 1.165) is 44.2 Å². The van der Waals surface area contributed by atoms with E-state index < -0.39 is 17.6 Å². The average Bonchev–Trinajstić information content (AvgIpc) is 2.53. The van der Waals surface area contributed by atoms with E-state index in [1.54, 1.807) is 0 Å². The third-order valence-electron chi connectivity index (χ3n) is 4.24. The zero-order valence-corrected chi connectivity index (χ0v) is 13.3. The van der Waals surface area contributed by atoms with Crippen molar-refractivity contribution in [1.82, 2.24) is 4.90 Å². The van der Waals surface area contributed by atoms with Crippen LogP contribution in [0.2, 0.25) is 0 Å². The highest BCUT2D eigenvalue weighted by Gasteiger charge is 2.31. The summed E-state index contributed by atoms with van der Waals surface area (Å²) in [4.78, 5) is 25.1. The van der Waals surface area contributed by atoms with Gasteiger partial charge in [0.1, 0.15) is 0 Å². The van der Waals surface area contributed by atoms with Crippen LogP contribution >= 0.6 is 0 Å². The van der Waals surface area contributed by atoms with Gasteiger partial charge in [0.05, 0.1) is 12.1 Å². The molecule has 0 bridgehead atoms. The van der Waals surface area contributed by atoms with Gasteiger partial charge in [-0.05, 0) is 30.5 Å². The van der Waals surface area contributed by atoms with Crippen LogP contribution in [0.3, 0.4) is 0 Å². The van der Waals surface area contributed by atoms with Crippen molar-refractivity contribution in [2.45, 2.75) is 44.8 Å². The van der Waals surface area contributed by atoms with Crippen LogP contribution in [-0.2, 0) is 22.3 Å². The first-order valence-corrected chi connectivity index (χ1v) is 8.00. The minimum absolute atomic E-state index is 0.0534. The van der Waals surface area contributed by atoms with Crippen molar-refractivity contribution in [3.8, 4) is 0 Å². The summed E-state index contributed by atoms with van der Waals surface area (Å²) in [6, 6.07) is 4.79. The summed E-state index contributed by atoms with van der Waals surface area (Å²) in [5.41, 5.74) is 4.76. The van der Waals surface area contributed by atoms with Crippen LogP contribution in [0.5, 0.6) is 0 Å². The highest BCUT2D eigenvalue weighted by Crippen LogP contribution is 2.30. The lowest BCUT2D eigenvalue weighted by Gasteiger charge is -2.28. The van der Waals surface area contributed by atoms with Gasteiger partial charge in [-0.2, -0.15) is 13.2 Å².